The Bertz CT molecular complexity index is 1490. The van der Waals surface area contributed by atoms with Crippen LogP contribution in [0.2, 0.25) is 0 Å². The van der Waals surface area contributed by atoms with Crippen molar-refractivity contribution in [3.05, 3.63) is 111 Å². The predicted molar refractivity (Wildman–Crippen MR) is 141 cm³/mol. The molecule has 1 aromatic heterocycles. The van der Waals surface area contributed by atoms with Crippen molar-refractivity contribution >= 4 is 62.6 Å². The van der Waals surface area contributed by atoms with Crippen molar-refractivity contribution in [2.75, 3.05) is 4.90 Å². The molecule has 2 heterocycles. The Labute approximate surface area is 205 Å². The second-order valence-corrected chi connectivity index (χ2v) is 9.68. The van der Waals surface area contributed by atoms with Crippen LogP contribution in [0.1, 0.15) is 16.7 Å². The quantitative estimate of drug-likeness (QED) is 0.143. The Morgan fingerprint density at radius 1 is 1.06 bits per heavy atom. The third-order valence-corrected chi connectivity index (χ3v) is 6.97. The van der Waals surface area contributed by atoms with Crippen molar-refractivity contribution in [1.29, 1.82) is 0 Å². The standard InChI is InChI=1S/C26H19N3O3S2/c1-17-9-11-18(12-10-17)15-27-16-19(22-7-2-3-8-23(22)27)13-24-25(30)28(26(33)34-24)20-5-4-6-21(14-20)29(31)32/h2-14,16H,15H2,1H3/b24-13+. The van der Waals surface area contributed by atoms with Gasteiger partial charge in [0.1, 0.15) is 0 Å². The predicted octanol–water partition coefficient (Wildman–Crippen LogP) is 6.31. The Morgan fingerprint density at radius 2 is 1.82 bits per heavy atom. The largest absolute Gasteiger partial charge is 0.342 e. The number of nitro benzene ring substituents is 1. The Balaban J connectivity index is 1.50. The highest BCUT2D eigenvalue weighted by Gasteiger charge is 2.34. The van der Waals surface area contributed by atoms with Crippen LogP contribution in [0.15, 0.2) is 83.9 Å². The number of carbonyl (C=O) groups is 1. The fraction of sp³-hybridized carbons (Fsp3) is 0.0769. The summed E-state index contributed by atoms with van der Waals surface area (Å²) in [7, 11) is 0. The highest BCUT2D eigenvalue weighted by Crippen LogP contribution is 2.38. The summed E-state index contributed by atoms with van der Waals surface area (Å²) in [6, 6.07) is 22.5. The zero-order valence-electron chi connectivity index (χ0n) is 18.2. The van der Waals surface area contributed by atoms with Gasteiger partial charge in [-0.2, -0.15) is 0 Å². The normalized spacial score (nSPS) is 15.0. The number of aromatic nitrogens is 1. The molecule has 0 N–H and O–H groups in total. The Hall–Kier alpha value is -3.75. The first-order valence-electron chi connectivity index (χ1n) is 10.6. The number of fused-ring (bicyclic) bond motifs is 1. The van der Waals surface area contributed by atoms with E-state index in [1.807, 2.05) is 30.5 Å². The number of anilines is 1. The number of nitrogens with zero attached hydrogens (tertiary/aromatic N) is 3. The molecule has 0 aliphatic carbocycles. The molecule has 1 saturated heterocycles. The zero-order valence-corrected chi connectivity index (χ0v) is 19.8. The molecule has 8 heteroatoms. The summed E-state index contributed by atoms with van der Waals surface area (Å²) >= 11 is 6.65. The Morgan fingerprint density at radius 3 is 2.59 bits per heavy atom. The summed E-state index contributed by atoms with van der Waals surface area (Å²) in [5, 5.41) is 12.2. The van der Waals surface area contributed by atoms with Crippen LogP contribution in [0, 0.1) is 17.0 Å². The second kappa shape index (κ2) is 8.89. The number of benzene rings is 3. The Kier molecular flexibility index (Phi) is 5.77. The molecule has 34 heavy (non-hydrogen) atoms. The minimum Gasteiger partial charge on any atom is -0.342 e. The third kappa shape index (κ3) is 4.13. The van der Waals surface area contributed by atoms with E-state index in [1.165, 1.54) is 39.9 Å². The summed E-state index contributed by atoms with van der Waals surface area (Å²) in [5.74, 6) is -0.286. The molecule has 3 aromatic carbocycles. The topological polar surface area (TPSA) is 68.4 Å². The number of non-ortho nitro benzene ring substituents is 1. The first kappa shape index (κ1) is 22.1. The van der Waals surface area contributed by atoms with E-state index in [1.54, 1.807) is 12.1 Å². The molecule has 6 nitrogen and oxygen atoms in total. The van der Waals surface area contributed by atoms with Gasteiger partial charge in [-0.25, -0.2) is 0 Å². The van der Waals surface area contributed by atoms with Crippen molar-refractivity contribution in [3.8, 4) is 0 Å². The van der Waals surface area contributed by atoms with Crippen LogP contribution >= 0.6 is 24.0 Å². The average molecular weight is 486 g/mol. The van der Waals surface area contributed by atoms with Gasteiger partial charge >= 0.3 is 0 Å². The van der Waals surface area contributed by atoms with E-state index in [9.17, 15) is 14.9 Å². The first-order valence-corrected chi connectivity index (χ1v) is 11.8. The van der Waals surface area contributed by atoms with Crippen molar-refractivity contribution in [2.24, 2.45) is 0 Å². The van der Waals surface area contributed by atoms with Gasteiger partial charge in [-0.15, -0.1) is 0 Å². The summed E-state index contributed by atoms with van der Waals surface area (Å²) in [5.41, 5.74) is 4.70. The lowest BCUT2D eigenvalue weighted by Gasteiger charge is -2.13. The molecule has 4 aromatic rings. The molecule has 1 aliphatic heterocycles. The zero-order chi connectivity index (χ0) is 23.8. The molecule has 0 unspecified atom stereocenters. The molecule has 0 atom stereocenters. The lowest BCUT2D eigenvalue weighted by atomic mass is 10.1. The van der Waals surface area contributed by atoms with E-state index < -0.39 is 4.92 Å². The van der Waals surface area contributed by atoms with Crippen LogP contribution in [0.4, 0.5) is 11.4 Å². The van der Waals surface area contributed by atoms with Crippen LogP contribution in [0.5, 0.6) is 0 Å². The molecular weight excluding hydrogens is 466 g/mol. The summed E-state index contributed by atoms with van der Waals surface area (Å²) in [4.78, 5) is 25.7. The van der Waals surface area contributed by atoms with Gasteiger partial charge in [0.05, 0.1) is 15.5 Å². The van der Waals surface area contributed by atoms with E-state index in [2.05, 4.69) is 41.8 Å². The molecule has 0 radical (unpaired) electrons. The molecule has 0 bridgehead atoms. The molecule has 5 rings (SSSR count). The van der Waals surface area contributed by atoms with Crippen LogP contribution in [0.3, 0.4) is 0 Å². The number of rotatable bonds is 5. The van der Waals surface area contributed by atoms with Gasteiger partial charge in [-0.05, 0) is 30.7 Å². The highest BCUT2D eigenvalue weighted by molar-refractivity contribution is 8.27. The van der Waals surface area contributed by atoms with Crippen molar-refractivity contribution in [3.63, 3.8) is 0 Å². The van der Waals surface area contributed by atoms with Crippen LogP contribution in [-0.2, 0) is 11.3 Å². The smallest absolute Gasteiger partial charge is 0.271 e. The maximum Gasteiger partial charge on any atom is 0.271 e. The van der Waals surface area contributed by atoms with Crippen LogP contribution < -0.4 is 4.90 Å². The third-order valence-electron chi connectivity index (χ3n) is 5.67. The van der Waals surface area contributed by atoms with E-state index in [0.29, 0.717) is 21.5 Å². The number of para-hydroxylation sites is 1. The van der Waals surface area contributed by atoms with E-state index in [0.717, 1.165) is 16.5 Å². The van der Waals surface area contributed by atoms with Crippen LogP contribution in [0.25, 0.3) is 17.0 Å². The number of nitro groups is 1. The van der Waals surface area contributed by atoms with Gasteiger partial charge in [0, 0.05) is 41.3 Å². The number of thiocarbonyl (C=S) groups is 1. The van der Waals surface area contributed by atoms with Gasteiger partial charge < -0.3 is 4.57 Å². The van der Waals surface area contributed by atoms with E-state index >= 15 is 0 Å². The first-order chi connectivity index (χ1) is 16.4. The molecule has 0 spiro atoms. The van der Waals surface area contributed by atoms with Crippen LogP contribution in [-0.4, -0.2) is 19.7 Å². The SMILES string of the molecule is Cc1ccc(Cn2cc(/C=C3/SC(=S)N(c4cccc([N+](=O)[O-])c4)C3=O)c3ccccc32)cc1. The van der Waals surface area contributed by atoms with Gasteiger partial charge in [0.25, 0.3) is 11.6 Å². The average Bonchev–Trinajstić information content (AvgIpc) is 3.31. The molecular formula is C26H19N3O3S2. The monoisotopic (exact) mass is 485 g/mol. The van der Waals surface area contributed by atoms with Crippen molar-refractivity contribution in [2.45, 2.75) is 13.5 Å². The second-order valence-electron chi connectivity index (χ2n) is 8.01. The molecule has 1 fully saturated rings. The van der Waals surface area contributed by atoms with Gasteiger partial charge in [-0.3, -0.25) is 19.8 Å². The van der Waals surface area contributed by atoms with E-state index in [-0.39, 0.29) is 11.6 Å². The number of carbonyl (C=O) groups excluding carboxylic acids is 1. The summed E-state index contributed by atoms with van der Waals surface area (Å²) < 4.78 is 2.52. The number of amides is 1. The number of hydrogen-bond acceptors (Lipinski definition) is 5. The highest BCUT2D eigenvalue weighted by atomic mass is 32.2. The van der Waals surface area contributed by atoms with Gasteiger partial charge in [0.15, 0.2) is 4.32 Å². The summed E-state index contributed by atoms with van der Waals surface area (Å²) in [6.45, 7) is 2.78. The molecule has 1 aliphatic rings. The fourth-order valence-electron chi connectivity index (χ4n) is 3.99. The maximum absolute atomic E-state index is 13.2. The number of thioether (sulfide) groups is 1. The lowest BCUT2D eigenvalue weighted by Crippen LogP contribution is -2.27. The van der Waals surface area contributed by atoms with Gasteiger partial charge in [0.2, 0.25) is 0 Å². The molecule has 0 saturated carbocycles. The number of aryl methyl sites for hydroxylation is 1. The van der Waals surface area contributed by atoms with E-state index in [4.69, 9.17) is 12.2 Å². The fourth-order valence-corrected chi connectivity index (χ4v) is 5.28. The maximum atomic E-state index is 13.2. The molecule has 168 valence electrons. The van der Waals surface area contributed by atoms with Gasteiger partial charge in [-0.1, -0.05) is 78.1 Å². The lowest BCUT2D eigenvalue weighted by molar-refractivity contribution is -0.384. The minimum atomic E-state index is -0.486. The van der Waals surface area contributed by atoms with Crippen molar-refractivity contribution < 1.29 is 9.72 Å². The van der Waals surface area contributed by atoms with Crippen molar-refractivity contribution in [1.82, 2.24) is 4.57 Å². The molecule has 1 amide bonds. The minimum absolute atomic E-state index is 0.0882. The number of hydrogen-bond donors (Lipinski definition) is 0. The summed E-state index contributed by atoms with van der Waals surface area (Å²) in [6.07, 6.45) is 3.90.